The van der Waals surface area contributed by atoms with Gasteiger partial charge in [0.05, 0.1) is 5.52 Å². The lowest BCUT2D eigenvalue weighted by Crippen LogP contribution is -2.60. The number of carbonyl (C=O) groups is 3. The topological polar surface area (TPSA) is 108 Å². The van der Waals surface area contributed by atoms with E-state index < -0.39 is 29.2 Å². The molecule has 250 valence electrons. The molecule has 0 spiro atoms. The number of aromatic amines is 1. The van der Waals surface area contributed by atoms with Crippen LogP contribution in [0.4, 0.5) is 4.79 Å². The van der Waals surface area contributed by atoms with E-state index in [0.29, 0.717) is 25.4 Å². The predicted molar refractivity (Wildman–Crippen MR) is 189 cm³/mol. The van der Waals surface area contributed by atoms with Crippen LogP contribution in [0.3, 0.4) is 0 Å². The number of amides is 3. The molecule has 5 aromatic rings. The molecule has 0 saturated carbocycles. The van der Waals surface area contributed by atoms with Gasteiger partial charge in [0.25, 0.3) is 0 Å². The fourth-order valence-corrected chi connectivity index (χ4v) is 6.64. The van der Waals surface area contributed by atoms with Gasteiger partial charge in [-0.1, -0.05) is 54.6 Å². The summed E-state index contributed by atoms with van der Waals surface area (Å²) in [5.41, 5.74) is 3.45. The van der Waals surface area contributed by atoms with E-state index in [0.717, 1.165) is 35.0 Å². The molecule has 48 heavy (non-hydrogen) atoms. The molecule has 6 rings (SSSR count). The van der Waals surface area contributed by atoms with Gasteiger partial charge in [-0.15, -0.1) is 0 Å². The SMILES string of the molecule is CC(C)(C)OC(=O)NC(C)(C)C(=O)N[C@H](Cc1c[nH]c2ccccc12)C(=O)N1CCC(c2cn(-c3ccccc3)c3ccccc23)CC1. The number of piperidine rings is 1. The van der Waals surface area contributed by atoms with Gasteiger partial charge in [0.1, 0.15) is 17.2 Å². The summed E-state index contributed by atoms with van der Waals surface area (Å²) in [7, 11) is 0. The molecular weight excluding hydrogens is 602 g/mol. The van der Waals surface area contributed by atoms with E-state index in [1.807, 2.05) is 53.6 Å². The lowest BCUT2D eigenvalue weighted by atomic mass is 9.88. The molecule has 9 nitrogen and oxygen atoms in total. The lowest BCUT2D eigenvalue weighted by molar-refractivity contribution is -0.138. The van der Waals surface area contributed by atoms with Crippen LogP contribution in [0, 0.1) is 0 Å². The zero-order valence-corrected chi connectivity index (χ0v) is 28.4. The minimum Gasteiger partial charge on any atom is -0.444 e. The number of para-hydroxylation sites is 3. The first kappa shape index (κ1) is 32.9. The molecule has 0 unspecified atom stereocenters. The third kappa shape index (κ3) is 7.10. The summed E-state index contributed by atoms with van der Waals surface area (Å²) in [5, 5.41) is 7.90. The first-order valence-electron chi connectivity index (χ1n) is 16.7. The van der Waals surface area contributed by atoms with Gasteiger partial charge < -0.3 is 29.8 Å². The van der Waals surface area contributed by atoms with Crippen molar-refractivity contribution in [2.45, 2.75) is 77.0 Å². The van der Waals surface area contributed by atoms with Gasteiger partial charge >= 0.3 is 6.09 Å². The minimum atomic E-state index is -1.32. The Hall–Kier alpha value is -5.05. The monoisotopic (exact) mass is 647 g/mol. The highest BCUT2D eigenvalue weighted by Gasteiger charge is 2.37. The third-order valence-electron chi connectivity index (χ3n) is 9.11. The van der Waals surface area contributed by atoms with E-state index in [-0.39, 0.29) is 5.91 Å². The van der Waals surface area contributed by atoms with Crippen molar-refractivity contribution in [2.24, 2.45) is 0 Å². The summed E-state index contributed by atoms with van der Waals surface area (Å²) in [6.07, 6.45) is 5.39. The van der Waals surface area contributed by atoms with E-state index in [9.17, 15) is 14.4 Å². The van der Waals surface area contributed by atoms with E-state index in [1.165, 1.54) is 16.5 Å². The van der Waals surface area contributed by atoms with E-state index in [2.05, 4.69) is 62.8 Å². The zero-order valence-electron chi connectivity index (χ0n) is 28.4. The van der Waals surface area contributed by atoms with Crippen LogP contribution in [0.1, 0.15) is 64.5 Å². The van der Waals surface area contributed by atoms with Gasteiger partial charge in [0.2, 0.25) is 11.8 Å². The number of nitrogens with zero attached hydrogens (tertiary/aromatic N) is 2. The van der Waals surface area contributed by atoms with Crippen LogP contribution in [-0.2, 0) is 20.7 Å². The normalized spacial score (nSPS) is 15.0. The fourth-order valence-electron chi connectivity index (χ4n) is 6.64. The summed E-state index contributed by atoms with van der Waals surface area (Å²) in [5.74, 6) is -0.301. The van der Waals surface area contributed by atoms with Gasteiger partial charge in [-0.3, -0.25) is 9.59 Å². The summed E-state index contributed by atoms with van der Waals surface area (Å²) >= 11 is 0. The highest BCUT2D eigenvalue weighted by atomic mass is 16.6. The lowest BCUT2D eigenvalue weighted by Gasteiger charge is -2.35. The van der Waals surface area contributed by atoms with Gasteiger partial charge in [-0.2, -0.15) is 0 Å². The van der Waals surface area contributed by atoms with Crippen LogP contribution >= 0.6 is 0 Å². The Labute approximate surface area is 281 Å². The second-order valence-electron chi connectivity index (χ2n) is 14.2. The van der Waals surface area contributed by atoms with Crippen molar-refractivity contribution in [3.8, 4) is 5.69 Å². The second-order valence-corrected chi connectivity index (χ2v) is 14.2. The number of rotatable bonds is 8. The second kappa shape index (κ2) is 13.2. The minimum absolute atomic E-state index is 0.133. The molecule has 0 radical (unpaired) electrons. The third-order valence-corrected chi connectivity index (χ3v) is 9.11. The van der Waals surface area contributed by atoms with Gasteiger partial charge in [0, 0.05) is 53.9 Å². The number of likely N-dealkylation sites (tertiary alicyclic amines) is 1. The zero-order chi connectivity index (χ0) is 34.1. The maximum Gasteiger partial charge on any atom is 0.408 e. The Kier molecular flexibility index (Phi) is 9.05. The van der Waals surface area contributed by atoms with Crippen molar-refractivity contribution in [1.82, 2.24) is 25.1 Å². The summed E-state index contributed by atoms with van der Waals surface area (Å²) in [6, 6.07) is 25.9. The number of nitrogens with one attached hydrogen (secondary N) is 3. The van der Waals surface area contributed by atoms with Crippen LogP contribution in [0.25, 0.3) is 27.5 Å². The van der Waals surface area contributed by atoms with E-state index in [1.54, 1.807) is 34.6 Å². The van der Waals surface area contributed by atoms with E-state index in [4.69, 9.17) is 4.74 Å². The number of aromatic nitrogens is 2. The fraction of sp³-hybridized carbons (Fsp3) is 0.359. The first-order chi connectivity index (χ1) is 22.9. The van der Waals surface area contributed by atoms with E-state index >= 15 is 0 Å². The Morgan fingerprint density at radius 3 is 2.23 bits per heavy atom. The standard InChI is InChI=1S/C39H45N5O4/c1-38(2,3)48-37(47)42-39(4,5)36(46)41-33(23-27-24-40-32-17-11-9-15-29(27)32)35(45)43-21-19-26(20-22-43)31-25-44(28-13-7-6-8-14-28)34-18-12-10-16-30(31)34/h6-18,24-26,33,40H,19-23H2,1-5H3,(H,41,46)(H,42,47)/t33-/m1/s1. The highest BCUT2D eigenvalue weighted by Crippen LogP contribution is 2.36. The molecule has 3 aromatic carbocycles. The molecule has 1 atom stereocenters. The molecular formula is C39H45N5O4. The molecule has 1 saturated heterocycles. The number of ether oxygens (including phenoxy) is 1. The Balaban J connectivity index is 1.20. The van der Waals surface area contributed by atoms with Gasteiger partial charge in [0.15, 0.2) is 0 Å². The number of hydrogen-bond donors (Lipinski definition) is 3. The summed E-state index contributed by atoms with van der Waals surface area (Å²) < 4.78 is 7.65. The molecule has 1 aliphatic heterocycles. The number of alkyl carbamates (subject to hydrolysis) is 1. The maximum atomic E-state index is 14.3. The predicted octanol–water partition coefficient (Wildman–Crippen LogP) is 6.85. The van der Waals surface area contributed by atoms with Crippen LogP contribution in [0.5, 0.6) is 0 Å². The first-order valence-corrected chi connectivity index (χ1v) is 16.7. The average Bonchev–Trinajstić information content (AvgIpc) is 3.65. The Bertz CT molecular complexity index is 1930. The number of hydrogen-bond acceptors (Lipinski definition) is 4. The molecule has 9 heteroatoms. The number of H-pyrrole nitrogens is 1. The van der Waals surface area contributed by atoms with Crippen molar-refractivity contribution in [3.63, 3.8) is 0 Å². The molecule has 3 amide bonds. The van der Waals surface area contributed by atoms with Crippen LogP contribution in [-0.4, -0.2) is 62.6 Å². The van der Waals surface area contributed by atoms with Gasteiger partial charge in [-0.25, -0.2) is 4.79 Å². The number of benzene rings is 3. The molecule has 0 aliphatic carbocycles. The summed E-state index contributed by atoms with van der Waals surface area (Å²) in [6.45, 7) is 9.66. The number of fused-ring (bicyclic) bond motifs is 2. The van der Waals surface area contributed by atoms with Crippen molar-refractivity contribution in [3.05, 3.63) is 102 Å². The van der Waals surface area contributed by atoms with Crippen molar-refractivity contribution >= 4 is 39.7 Å². The highest BCUT2D eigenvalue weighted by molar-refractivity contribution is 5.94. The largest absolute Gasteiger partial charge is 0.444 e. The van der Waals surface area contributed by atoms with Crippen molar-refractivity contribution in [2.75, 3.05) is 13.1 Å². The molecule has 3 heterocycles. The maximum absolute atomic E-state index is 14.3. The molecule has 1 fully saturated rings. The van der Waals surface area contributed by atoms with Crippen molar-refractivity contribution in [1.29, 1.82) is 0 Å². The Morgan fingerprint density at radius 1 is 0.875 bits per heavy atom. The van der Waals surface area contributed by atoms with Crippen molar-refractivity contribution < 1.29 is 19.1 Å². The van der Waals surface area contributed by atoms with Gasteiger partial charge in [-0.05, 0) is 88.8 Å². The quantitative estimate of drug-likeness (QED) is 0.171. The Morgan fingerprint density at radius 2 is 1.52 bits per heavy atom. The molecule has 3 N–H and O–H groups in total. The molecule has 2 aromatic heterocycles. The molecule has 1 aliphatic rings. The average molecular weight is 648 g/mol. The van der Waals surface area contributed by atoms with Crippen LogP contribution < -0.4 is 10.6 Å². The smallest absolute Gasteiger partial charge is 0.408 e. The summed E-state index contributed by atoms with van der Waals surface area (Å²) in [4.78, 5) is 45.7. The molecule has 0 bridgehead atoms. The van der Waals surface area contributed by atoms with Crippen LogP contribution in [0.15, 0.2) is 91.3 Å². The number of carbonyl (C=O) groups excluding carboxylic acids is 3. The van der Waals surface area contributed by atoms with Crippen LogP contribution in [0.2, 0.25) is 0 Å².